The number of hydrogen-bond donors (Lipinski definition) is 2. The number of imidazole rings is 1. The second kappa shape index (κ2) is 5.30. The normalized spacial score (nSPS) is 12.7. The quantitative estimate of drug-likeness (QED) is 0.830. The standard InChI is InChI=1S/C11H20N4O3S/c1-8-12-6-10(13-8)19(17,18)15(5)7-9(16)14-11(2,3)4/h6H,7H2,1-5H3,(H,12,13)(H,14,16). The minimum absolute atomic E-state index is 0.0175. The molecule has 0 spiro atoms. The summed E-state index contributed by atoms with van der Waals surface area (Å²) in [4.78, 5) is 18.2. The van der Waals surface area contributed by atoms with Crippen LogP contribution in [0.25, 0.3) is 0 Å². The second-order valence-corrected chi connectivity index (χ2v) is 7.41. The highest BCUT2D eigenvalue weighted by atomic mass is 32.2. The highest BCUT2D eigenvalue weighted by molar-refractivity contribution is 7.89. The lowest BCUT2D eigenvalue weighted by Gasteiger charge is -2.22. The first-order valence-corrected chi connectivity index (χ1v) is 7.25. The minimum atomic E-state index is -3.71. The number of aromatic amines is 1. The molecule has 0 fully saturated rings. The van der Waals surface area contributed by atoms with Gasteiger partial charge in [0.05, 0.1) is 12.7 Å². The molecular weight excluding hydrogens is 268 g/mol. The molecule has 108 valence electrons. The predicted octanol–water partition coefficient (Wildman–Crippen LogP) is 0.253. The molecule has 0 aromatic carbocycles. The summed E-state index contributed by atoms with van der Waals surface area (Å²) >= 11 is 0. The number of aromatic nitrogens is 2. The van der Waals surface area contributed by atoms with E-state index in [0.29, 0.717) is 5.82 Å². The molecule has 0 radical (unpaired) electrons. The fraction of sp³-hybridized carbons (Fsp3) is 0.636. The van der Waals surface area contributed by atoms with Gasteiger partial charge in [0.2, 0.25) is 5.91 Å². The van der Waals surface area contributed by atoms with E-state index in [0.717, 1.165) is 4.31 Å². The van der Waals surface area contributed by atoms with Crippen molar-refractivity contribution in [3.8, 4) is 0 Å². The summed E-state index contributed by atoms with van der Waals surface area (Å²) in [6.07, 6.45) is 1.24. The SMILES string of the molecule is Cc1ncc(S(=O)(=O)N(C)CC(=O)NC(C)(C)C)[nH]1. The zero-order chi connectivity index (χ0) is 14.8. The molecule has 1 rings (SSSR count). The van der Waals surface area contributed by atoms with Gasteiger partial charge in [-0.05, 0) is 27.7 Å². The molecule has 1 aromatic rings. The second-order valence-electron chi connectivity index (χ2n) is 5.39. The number of nitrogens with one attached hydrogen (secondary N) is 2. The third-order valence-electron chi connectivity index (χ3n) is 2.25. The van der Waals surface area contributed by atoms with E-state index in [2.05, 4.69) is 15.3 Å². The summed E-state index contributed by atoms with van der Waals surface area (Å²) in [5.74, 6) is 0.154. The molecule has 7 nitrogen and oxygen atoms in total. The van der Waals surface area contributed by atoms with E-state index < -0.39 is 15.6 Å². The first kappa shape index (κ1) is 15.6. The highest BCUT2D eigenvalue weighted by Gasteiger charge is 2.25. The molecule has 0 saturated carbocycles. The number of carbonyl (C=O) groups excluding carboxylic acids is 1. The van der Waals surface area contributed by atoms with Gasteiger partial charge in [-0.3, -0.25) is 4.79 Å². The topological polar surface area (TPSA) is 95.2 Å². The molecule has 0 aliphatic rings. The minimum Gasteiger partial charge on any atom is -0.350 e. The van der Waals surface area contributed by atoms with Gasteiger partial charge in [0.1, 0.15) is 5.82 Å². The average Bonchev–Trinajstić information content (AvgIpc) is 2.62. The number of nitrogens with zero attached hydrogens (tertiary/aromatic N) is 2. The Morgan fingerprint density at radius 1 is 1.47 bits per heavy atom. The Hall–Kier alpha value is -1.41. The van der Waals surface area contributed by atoms with Crippen LogP contribution in [0.2, 0.25) is 0 Å². The maximum atomic E-state index is 12.1. The summed E-state index contributed by atoms with van der Waals surface area (Å²) in [6, 6.07) is 0. The third-order valence-corrected chi connectivity index (χ3v) is 3.96. The van der Waals surface area contributed by atoms with Crippen molar-refractivity contribution in [2.75, 3.05) is 13.6 Å². The Morgan fingerprint density at radius 2 is 2.05 bits per heavy atom. The summed E-state index contributed by atoms with van der Waals surface area (Å²) in [5.41, 5.74) is -0.397. The molecule has 1 heterocycles. The third kappa shape index (κ3) is 4.32. The van der Waals surface area contributed by atoms with Crippen LogP contribution in [0.5, 0.6) is 0 Å². The zero-order valence-electron chi connectivity index (χ0n) is 11.8. The summed E-state index contributed by atoms with van der Waals surface area (Å²) < 4.78 is 25.2. The van der Waals surface area contributed by atoms with Gasteiger partial charge in [-0.25, -0.2) is 13.4 Å². The van der Waals surface area contributed by atoms with Crippen LogP contribution in [0, 0.1) is 6.92 Å². The maximum Gasteiger partial charge on any atom is 0.260 e. The number of likely N-dealkylation sites (N-methyl/N-ethyl adjacent to an activating group) is 1. The van der Waals surface area contributed by atoms with Crippen molar-refractivity contribution < 1.29 is 13.2 Å². The summed E-state index contributed by atoms with van der Waals surface area (Å²) in [7, 11) is -2.36. The van der Waals surface area contributed by atoms with E-state index in [1.54, 1.807) is 6.92 Å². The van der Waals surface area contributed by atoms with Crippen molar-refractivity contribution in [1.82, 2.24) is 19.6 Å². The summed E-state index contributed by atoms with van der Waals surface area (Å²) in [5, 5.41) is 2.69. The van der Waals surface area contributed by atoms with Crippen LogP contribution >= 0.6 is 0 Å². The number of aryl methyl sites for hydroxylation is 1. The number of sulfonamides is 1. The van der Waals surface area contributed by atoms with Gasteiger partial charge in [-0.15, -0.1) is 0 Å². The molecule has 0 atom stereocenters. The fourth-order valence-electron chi connectivity index (χ4n) is 1.44. The molecule has 0 bridgehead atoms. The van der Waals surface area contributed by atoms with E-state index >= 15 is 0 Å². The van der Waals surface area contributed by atoms with Gasteiger partial charge >= 0.3 is 0 Å². The van der Waals surface area contributed by atoms with E-state index in [9.17, 15) is 13.2 Å². The Kier molecular flexibility index (Phi) is 4.36. The Bertz CT molecular complexity index is 557. The van der Waals surface area contributed by atoms with Crippen molar-refractivity contribution in [3.05, 3.63) is 12.0 Å². The van der Waals surface area contributed by atoms with Crippen LogP contribution in [0.15, 0.2) is 11.2 Å². The van der Waals surface area contributed by atoms with Crippen LogP contribution in [0.3, 0.4) is 0 Å². The largest absolute Gasteiger partial charge is 0.350 e. The van der Waals surface area contributed by atoms with Gasteiger partial charge in [-0.2, -0.15) is 4.31 Å². The monoisotopic (exact) mass is 288 g/mol. The van der Waals surface area contributed by atoms with Gasteiger partial charge in [0.15, 0.2) is 5.03 Å². The molecule has 0 saturated heterocycles. The average molecular weight is 288 g/mol. The van der Waals surface area contributed by atoms with Crippen molar-refractivity contribution in [3.63, 3.8) is 0 Å². The van der Waals surface area contributed by atoms with Gasteiger partial charge in [0.25, 0.3) is 10.0 Å². The fourth-order valence-corrected chi connectivity index (χ4v) is 2.53. The van der Waals surface area contributed by atoms with Gasteiger partial charge in [0, 0.05) is 12.6 Å². The maximum absolute atomic E-state index is 12.1. The molecule has 0 aliphatic carbocycles. The number of rotatable bonds is 4. The predicted molar refractivity (Wildman–Crippen MR) is 71.0 cm³/mol. The molecule has 1 aromatic heterocycles. The Balaban J connectivity index is 2.78. The molecule has 8 heteroatoms. The number of hydrogen-bond acceptors (Lipinski definition) is 4. The van der Waals surface area contributed by atoms with Crippen LogP contribution in [0.4, 0.5) is 0 Å². The molecule has 1 amide bonds. The number of H-pyrrole nitrogens is 1. The van der Waals surface area contributed by atoms with E-state index in [1.807, 2.05) is 20.8 Å². The smallest absolute Gasteiger partial charge is 0.260 e. The lowest BCUT2D eigenvalue weighted by atomic mass is 10.1. The zero-order valence-corrected chi connectivity index (χ0v) is 12.6. The highest BCUT2D eigenvalue weighted by Crippen LogP contribution is 2.11. The number of carbonyl (C=O) groups is 1. The van der Waals surface area contributed by atoms with Crippen LogP contribution in [-0.4, -0.2) is 47.7 Å². The van der Waals surface area contributed by atoms with E-state index in [1.165, 1.54) is 13.2 Å². The lowest BCUT2D eigenvalue weighted by molar-refractivity contribution is -0.122. The van der Waals surface area contributed by atoms with Crippen molar-refractivity contribution >= 4 is 15.9 Å². The Morgan fingerprint density at radius 3 is 2.47 bits per heavy atom. The lowest BCUT2D eigenvalue weighted by Crippen LogP contribution is -2.46. The van der Waals surface area contributed by atoms with Crippen molar-refractivity contribution in [1.29, 1.82) is 0 Å². The molecule has 19 heavy (non-hydrogen) atoms. The molecule has 0 aliphatic heterocycles. The Labute approximate surface area is 113 Å². The van der Waals surface area contributed by atoms with Crippen molar-refractivity contribution in [2.45, 2.75) is 38.3 Å². The van der Waals surface area contributed by atoms with Crippen LogP contribution in [0.1, 0.15) is 26.6 Å². The molecule has 2 N–H and O–H groups in total. The summed E-state index contributed by atoms with van der Waals surface area (Å²) in [6.45, 7) is 6.91. The van der Waals surface area contributed by atoms with Gasteiger partial charge < -0.3 is 10.3 Å². The van der Waals surface area contributed by atoms with Crippen molar-refractivity contribution in [2.24, 2.45) is 0 Å². The first-order valence-electron chi connectivity index (χ1n) is 5.81. The van der Waals surface area contributed by atoms with E-state index in [4.69, 9.17) is 0 Å². The number of amides is 1. The van der Waals surface area contributed by atoms with Crippen LogP contribution < -0.4 is 5.32 Å². The van der Waals surface area contributed by atoms with Crippen LogP contribution in [-0.2, 0) is 14.8 Å². The molecule has 0 unspecified atom stereocenters. The molecular formula is C11H20N4O3S. The first-order chi connectivity index (χ1) is 8.52. The van der Waals surface area contributed by atoms with E-state index in [-0.39, 0.29) is 17.5 Å². The van der Waals surface area contributed by atoms with Gasteiger partial charge in [-0.1, -0.05) is 0 Å².